The van der Waals surface area contributed by atoms with E-state index < -0.39 is 0 Å². The van der Waals surface area contributed by atoms with Gasteiger partial charge in [-0.15, -0.1) is 0 Å². The first-order valence-electron chi connectivity index (χ1n) is 8.25. The van der Waals surface area contributed by atoms with Gasteiger partial charge < -0.3 is 5.32 Å². The number of nitrogens with zero attached hydrogens (tertiary/aromatic N) is 1. The molecule has 2 unspecified atom stereocenters. The Bertz CT molecular complexity index is 233. The Hall–Kier alpha value is -0.0800. The Kier molecular flexibility index (Phi) is 5.50. The first-order valence-corrected chi connectivity index (χ1v) is 8.25. The second kappa shape index (κ2) is 6.91. The molecule has 106 valence electrons. The van der Waals surface area contributed by atoms with Crippen molar-refractivity contribution in [3.63, 3.8) is 0 Å². The third-order valence-corrected chi connectivity index (χ3v) is 4.99. The smallest absolute Gasteiger partial charge is 0.0249 e. The molecule has 1 aliphatic carbocycles. The fraction of sp³-hybridized carbons (Fsp3) is 1.00. The molecule has 0 radical (unpaired) electrons. The van der Waals surface area contributed by atoms with E-state index in [0.29, 0.717) is 0 Å². The zero-order valence-corrected chi connectivity index (χ0v) is 12.6. The van der Waals surface area contributed by atoms with Gasteiger partial charge in [0.05, 0.1) is 0 Å². The Morgan fingerprint density at radius 1 is 1.17 bits per heavy atom. The van der Waals surface area contributed by atoms with Crippen LogP contribution in [0.4, 0.5) is 0 Å². The number of nitrogens with one attached hydrogen (secondary N) is 1. The van der Waals surface area contributed by atoms with Crippen molar-refractivity contribution in [1.29, 1.82) is 0 Å². The first-order chi connectivity index (χ1) is 8.78. The van der Waals surface area contributed by atoms with E-state index in [2.05, 4.69) is 31.0 Å². The summed E-state index contributed by atoms with van der Waals surface area (Å²) in [6.07, 6.45) is 8.29. The minimum Gasteiger partial charge on any atom is -0.311 e. The molecular weight excluding hydrogens is 220 g/mol. The molecule has 1 saturated heterocycles. The van der Waals surface area contributed by atoms with E-state index in [0.717, 1.165) is 23.9 Å². The van der Waals surface area contributed by atoms with E-state index in [9.17, 15) is 0 Å². The highest BCUT2D eigenvalue weighted by Crippen LogP contribution is 2.37. The molecule has 0 amide bonds. The van der Waals surface area contributed by atoms with Gasteiger partial charge in [0.2, 0.25) is 0 Å². The zero-order chi connectivity index (χ0) is 13.0. The standard InChI is InChI=1S/C16H32N2/c1-4-7-15-12-18(11-13(5-2)6-3)16(10-17-15)14-8-9-14/h13-17H,4-12H2,1-3H3. The van der Waals surface area contributed by atoms with Crippen molar-refractivity contribution in [2.75, 3.05) is 19.6 Å². The molecule has 2 rings (SSSR count). The Morgan fingerprint density at radius 2 is 1.89 bits per heavy atom. The van der Waals surface area contributed by atoms with E-state index >= 15 is 0 Å². The molecule has 2 fully saturated rings. The maximum atomic E-state index is 3.79. The summed E-state index contributed by atoms with van der Waals surface area (Å²) in [7, 11) is 0. The van der Waals surface area contributed by atoms with Crippen LogP contribution < -0.4 is 5.32 Å². The summed E-state index contributed by atoms with van der Waals surface area (Å²) < 4.78 is 0. The summed E-state index contributed by atoms with van der Waals surface area (Å²) >= 11 is 0. The van der Waals surface area contributed by atoms with Gasteiger partial charge in [-0.1, -0.05) is 40.0 Å². The summed E-state index contributed by atoms with van der Waals surface area (Å²) in [5, 5.41) is 3.79. The van der Waals surface area contributed by atoms with Gasteiger partial charge in [-0.25, -0.2) is 0 Å². The highest BCUT2D eigenvalue weighted by atomic mass is 15.2. The van der Waals surface area contributed by atoms with Crippen molar-refractivity contribution in [1.82, 2.24) is 10.2 Å². The van der Waals surface area contributed by atoms with Crippen LogP contribution in [0.3, 0.4) is 0 Å². The van der Waals surface area contributed by atoms with Crippen LogP contribution in [-0.4, -0.2) is 36.6 Å². The average Bonchev–Trinajstić information content (AvgIpc) is 3.21. The second-order valence-corrected chi connectivity index (χ2v) is 6.44. The van der Waals surface area contributed by atoms with Crippen molar-refractivity contribution in [2.24, 2.45) is 11.8 Å². The molecule has 0 aromatic carbocycles. The van der Waals surface area contributed by atoms with Crippen LogP contribution in [-0.2, 0) is 0 Å². The molecule has 1 heterocycles. The van der Waals surface area contributed by atoms with E-state index in [1.54, 1.807) is 0 Å². The van der Waals surface area contributed by atoms with Gasteiger partial charge in [-0.05, 0) is 31.1 Å². The molecule has 0 aromatic rings. The predicted molar refractivity (Wildman–Crippen MR) is 78.9 cm³/mol. The lowest BCUT2D eigenvalue weighted by Crippen LogP contribution is -2.58. The van der Waals surface area contributed by atoms with Crippen LogP contribution in [0, 0.1) is 11.8 Å². The van der Waals surface area contributed by atoms with Crippen LogP contribution in [0.25, 0.3) is 0 Å². The minimum absolute atomic E-state index is 0.749. The second-order valence-electron chi connectivity index (χ2n) is 6.44. The zero-order valence-electron chi connectivity index (χ0n) is 12.6. The minimum atomic E-state index is 0.749. The average molecular weight is 252 g/mol. The predicted octanol–water partition coefficient (Wildman–Crippen LogP) is 3.28. The summed E-state index contributed by atoms with van der Waals surface area (Å²) in [4.78, 5) is 2.84. The van der Waals surface area contributed by atoms with Crippen molar-refractivity contribution < 1.29 is 0 Å². The van der Waals surface area contributed by atoms with Crippen LogP contribution in [0.5, 0.6) is 0 Å². The van der Waals surface area contributed by atoms with Crippen molar-refractivity contribution in [3.05, 3.63) is 0 Å². The van der Waals surface area contributed by atoms with Crippen molar-refractivity contribution in [2.45, 2.75) is 71.4 Å². The molecule has 1 aliphatic heterocycles. The SMILES string of the molecule is CCCC1CN(CC(CC)CC)C(C2CC2)CN1. The van der Waals surface area contributed by atoms with Gasteiger partial charge in [-0.3, -0.25) is 4.90 Å². The van der Waals surface area contributed by atoms with Crippen LogP contribution in [0.15, 0.2) is 0 Å². The van der Waals surface area contributed by atoms with Crippen molar-refractivity contribution in [3.8, 4) is 0 Å². The summed E-state index contributed by atoms with van der Waals surface area (Å²) in [6.45, 7) is 10.9. The molecule has 0 aromatic heterocycles. The fourth-order valence-corrected chi connectivity index (χ4v) is 3.48. The van der Waals surface area contributed by atoms with E-state index in [1.165, 1.54) is 58.2 Å². The fourth-order valence-electron chi connectivity index (χ4n) is 3.48. The lowest BCUT2D eigenvalue weighted by Gasteiger charge is -2.42. The number of rotatable bonds is 7. The third kappa shape index (κ3) is 3.71. The van der Waals surface area contributed by atoms with Gasteiger partial charge in [-0.2, -0.15) is 0 Å². The van der Waals surface area contributed by atoms with E-state index in [1.807, 2.05) is 0 Å². The maximum absolute atomic E-state index is 3.79. The van der Waals surface area contributed by atoms with Crippen LogP contribution in [0.1, 0.15) is 59.3 Å². The largest absolute Gasteiger partial charge is 0.311 e. The number of hydrogen-bond donors (Lipinski definition) is 1. The van der Waals surface area contributed by atoms with Gasteiger partial charge >= 0.3 is 0 Å². The van der Waals surface area contributed by atoms with Crippen LogP contribution in [0.2, 0.25) is 0 Å². The first kappa shape index (κ1) is 14.3. The molecule has 2 atom stereocenters. The van der Waals surface area contributed by atoms with E-state index in [-0.39, 0.29) is 0 Å². The van der Waals surface area contributed by atoms with Gasteiger partial charge in [0, 0.05) is 31.7 Å². The Morgan fingerprint density at radius 3 is 2.44 bits per heavy atom. The molecule has 18 heavy (non-hydrogen) atoms. The van der Waals surface area contributed by atoms with Crippen LogP contribution >= 0.6 is 0 Å². The lowest BCUT2D eigenvalue weighted by molar-refractivity contribution is 0.0913. The topological polar surface area (TPSA) is 15.3 Å². The molecule has 0 spiro atoms. The summed E-state index contributed by atoms with van der Waals surface area (Å²) in [6, 6.07) is 1.60. The number of hydrogen-bond acceptors (Lipinski definition) is 2. The van der Waals surface area contributed by atoms with Gasteiger partial charge in [0.15, 0.2) is 0 Å². The quantitative estimate of drug-likeness (QED) is 0.748. The molecular formula is C16H32N2. The Balaban J connectivity index is 1.90. The summed E-state index contributed by atoms with van der Waals surface area (Å²) in [5.41, 5.74) is 0. The monoisotopic (exact) mass is 252 g/mol. The highest BCUT2D eigenvalue weighted by molar-refractivity contribution is 4.95. The summed E-state index contributed by atoms with van der Waals surface area (Å²) in [5.74, 6) is 1.92. The number of piperazine rings is 1. The Labute approximate surface area is 114 Å². The molecule has 0 bridgehead atoms. The third-order valence-electron chi connectivity index (χ3n) is 4.99. The normalized spacial score (nSPS) is 30.0. The van der Waals surface area contributed by atoms with E-state index in [4.69, 9.17) is 0 Å². The molecule has 1 saturated carbocycles. The molecule has 2 nitrogen and oxygen atoms in total. The van der Waals surface area contributed by atoms with Gasteiger partial charge in [0.25, 0.3) is 0 Å². The highest BCUT2D eigenvalue weighted by Gasteiger charge is 2.38. The molecule has 1 N–H and O–H groups in total. The molecule has 2 aliphatic rings. The van der Waals surface area contributed by atoms with Gasteiger partial charge in [0.1, 0.15) is 0 Å². The maximum Gasteiger partial charge on any atom is 0.0249 e. The lowest BCUT2D eigenvalue weighted by atomic mass is 9.97. The molecule has 2 heteroatoms. The van der Waals surface area contributed by atoms with Crippen molar-refractivity contribution >= 4 is 0 Å².